The molecule has 0 aromatic carbocycles. The van der Waals surface area contributed by atoms with Gasteiger partial charge in [0.15, 0.2) is 17.2 Å². The number of esters is 1. The van der Waals surface area contributed by atoms with Gasteiger partial charge in [-0.1, -0.05) is 18.6 Å². The summed E-state index contributed by atoms with van der Waals surface area (Å²) in [5.41, 5.74) is 0.521. The smallest absolute Gasteiger partial charge is 0.304 e. The van der Waals surface area contributed by atoms with Gasteiger partial charge in [0.25, 0.3) is 0 Å². The van der Waals surface area contributed by atoms with E-state index in [0.29, 0.717) is 24.2 Å². The molecule has 0 N–H and O–H groups in total. The number of carbonyl (C=O) groups is 3. The van der Waals surface area contributed by atoms with Gasteiger partial charge in [-0.25, -0.2) is 0 Å². The molecule has 3 aliphatic heterocycles. The predicted molar refractivity (Wildman–Crippen MR) is 125 cm³/mol. The number of rotatable bonds is 1. The molecular formula is C28H34O7. The van der Waals surface area contributed by atoms with Crippen molar-refractivity contribution in [2.24, 2.45) is 22.7 Å². The Labute approximate surface area is 205 Å². The minimum Gasteiger partial charge on any atom is -0.484 e. The van der Waals surface area contributed by atoms with Crippen molar-refractivity contribution in [3.05, 3.63) is 34.6 Å². The molecule has 188 valence electrons. The largest absolute Gasteiger partial charge is 0.484 e. The van der Waals surface area contributed by atoms with E-state index in [4.69, 9.17) is 18.9 Å². The molecule has 2 spiro atoms. The minimum absolute atomic E-state index is 0.0165. The van der Waals surface area contributed by atoms with Crippen molar-refractivity contribution in [2.75, 3.05) is 0 Å². The van der Waals surface area contributed by atoms with Crippen molar-refractivity contribution < 1.29 is 33.3 Å². The standard InChI is InChI=1S/C28H34O7/c1-13-9-18(30)11-22-26(6)19(13)7-8-27-24(26)21(33-22)10-14(2)28(27)23(34-25(27)32-17(5)29)12-20(31)15(3)16(4)35-28/h9-10,19,21-25H,7-8,11-12H2,1-6H3/t19-,21+,22-,23+,24+,25+,26+,27+,28+/m1/s1. The Morgan fingerprint density at radius 3 is 2.54 bits per heavy atom. The molecular weight excluding hydrogens is 448 g/mol. The van der Waals surface area contributed by atoms with E-state index in [1.807, 2.05) is 13.8 Å². The van der Waals surface area contributed by atoms with Crippen LogP contribution in [0, 0.1) is 22.7 Å². The average molecular weight is 483 g/mol. The van der Waals surface area contributed by atoms with Crippen molar-refractivity contribution in [1.82, 2.24) is 0 Å². The van der Waals surface area contributed by atoms with Gasteiger partial charge in [0.1, 0.15) is 11.9 Å². The molecule has 6 aliphatic rings. The van der Waals surface area contributed by atoms with E-state index in [1.54, 1.807) is 13.0 Å². The monoisotopic (exact) mass is 482 g/mol. The van der Waals surface area contributed by atoms with E-state index >= 15 is 0 Å². The third kappa shape index (κ3) is 2.61. The summed E-state index contributed by atoms with van der Waals surface area (Å²) in [6, 6.07) is 0. The van der Waals surface area contributed by atoms with Gasteiger partial charge < -0.3 is 18.9 Å². The molecule has 0 aromatic rings. The van der Waals surface area contributed by atoms with Gasteiger partial charge in [0.05, 0.1) is 17.6 Å². The molecule has 7 heteroatoms. The Kier molecular flexibility index (Phi) is 4.74. The second kappa shape index (κ2) is 7.16. The predicted octanol–water partition coefficient (Wildman–Crippen LogP) is 3.96. The number of hydrogen-bond donors (Lipinski definition) is 0. The van der Waals surface area contributed by atoms with E-state index in [1.165, 1.54) is 6.92 Å². The average Bonchev–Trinajstić information content (AvgIpc) is 3.10. The zero-order valence-corrected chi connectivity index (χ0v) is 21.3. The summed E-state index contributed by atoms with van der Waals surface area (Å²) in [6.07, 6.45) is 3.88. The molecule has 0 amide bonds. The number of allylic oxidation sites excluding steroid dienone is 4. The van der Waals surface area contributed by atoms with Gasteiger partial charge in [-0.3, -0.25) is 14.4 Å². The van der Waals surface area contributed by atoms with Crippen LogP contribution in [0.5, 0.6) is 0 Å². The van der Waals surface area contributed by atoms with Gasteiger partial charge in [0.2, 0.25) is 6.29 Å². The first kappa shape index (κ1) is 23.2. The highest BCUT2D eigenvalue weighted by atomic mass is 16.7. The highest BCUT2D eigenvalue weighted by Gasteiger charge is 2.82. The lowest BCUT2D eigenvalue weighted by molar-refractivity contribution is -0.228. The molecule has 9 atom stereocenters. The Bertz CT molecular complexity index is 1150. The van der Waals surface area contributed by atoms with E-state index in [0.717, 1.165) is 17.6 Å². The lowest BCUT2D eigenvalue weighted by Gasteiger charge is -2.62. The molecule has 6 rings (SSSR count). The summed E-state index contributed by atoms with van der Waals surface area (Å²) in [4.78, 5) is 38.3. The van der Waals surface area contributed by atoms with Crippen LogP contribution in [0.4, 0.5) is 0 Å². The van der Waals surface area contributed by atoms with Crippen molar-refractivity contribution in [2.45, 2.75) is 97.4 Å². The number of ketones is 2. The summed E-state index contributed by atoms with van der Waals surface area (Å²) >= 11 is 0. The molecule has 3 aliphatic carbocycles. The molecule has 2 saturated heterocycles. The Balaban J connectivity index is 1.63. The molecule has 1 saturated carbocycles. The molecule has 0 radical (unpaired) electrons. The van der Waals surface area contributed by atoms with Crippen LogP contribution in [0.1, 0.15) is 67.2 Å². The van der Waals surface area contributed by atoms with Crippen molar-refractivity contribution in [1.29, 1.82) is 0 Å². The Hall–Kier alpha value is -2.25. The highest BCUT2D eigenvalue weighted by Crippen LogP contribution is 2.75. The van der Waals surface area contributed by atoms with Gasteiger partial charge in [0, 0.05) is 36.7 Å². The molecule has 3 fully saturated rings. The maximum absolute atomic E-state index is 13.1. The van der Waals surface area contributed by atoms with Gasteiger partial charge in [-0.2, -0.15) is 0 Å². The molecule has 35 heavy (non-hydrogen) atoms. The Morgan fingerprint density at radius 2 is 1.83 bits per heavy atom. The third-order valence-corrected chi connectivity index (χ3v) is 10.2. The zero-order chi connectivity index (χ0) is 25.1. The molecule has 0 unspecified atom stereocenters. The highest BCUT2D eigenvalue weighted by molar-refractivity contribution is 5.96. The minimum atomic E-state index is -0.966. The normalized spacial score (nSPS) is 48.1. The molecule has 7 nitrogen and oxygen atoms in total. The topological polar surface area (TPSA) is 88.1 Å². The van der Waals surface area contributed by atoms with Crippen LogP contribution in [0.3, 0.4) is 0 Å². The summed E-state index contributed by atoms with van der Waals surface area (Å²) in [7, 11) is 0. The van der Waals surface area contributed by atoms with E-state index in [-0.39, 0.29) is 47.4 Å². The van der Waals surface area contributed by atoms with Crippen molar-refractivity contribution in [3.8, 4) is 0 Å². The van der Waals surface area contributed by atoms with Crippen LogP contribution in [0.15, 0.2) is 34.6 Å². The number of hydrogen-bond acceptors (Lipinski definition) is 7. The van der Waals surface area contributed by atoms with E-state index in [9.17, 15) is 14.4 Å². The lowest BCUT2D eigenvalue weighted by Crippen LogP contribution is -2.68. The van der Waals surface area contributed by atoms with Crippen LogP contribution in [0.2, 0.25) is 0 Å². The van der Waals surface area contributed by atoms with Crippen LogP contribution in [0.25, 0.3) is 0 Å². The second-order valence-corrected chi connectivity index (χ2v) is 11.7. The second-order valence-electron chi connectivity index (χ2n) is 11.7. The number of Topliss-reactive ketones (excluding diaryl/α,β-unsaturated/α-hetero) is 1. The number of carbonyl (C=O) groups excluding carboxylic acids is 3. The fourth-order valence-electron chi connectivity index (χ4n) is 8.89. The van der Waals surface area contributed by atoms with Crippen LogP contribution in [-0.4, -0.2) is 47.7 Å². The first-order valence-electron chi connectivity index (χ1n) is 12.7. The maximum Gasteiger partial charge on any atom is 0.304 e. The zero-order valence-electron chi connectivity index (χ0n) is 21.3. The molecule has 0 bridgehead atoms. The quantitative estimate of drug-likeness (QED) is 0.413. The summed E-state index contributed by atoms with van der Waals surface area (Å²) in [6.45, 7) is 11.3. The van der Waals surface area contributed by atoms with Gasteiger partial charge in [-0.15, -0.1) is 0 Å². The first-order valence-corrected chi connectivity index (χ1v) is 12.7. The maximum atomic E-state index is 13.1. The SMILES string of the molecule is CC(=O)O[C@H]1O[C@H]2CC(=O)C(C)=C(C)O[C@@]23C(C)=C[C@@H]2O[C@@H]4CC(=O)C=C(C)[C@H]5CC[C@]13[C@@H]2[C@@]54C. The van der Waals surface area contributed by atoms with Crippen molar-refractivity contribution >= 4 is 17.5 Å². The fraction of sp³-hybridized carbons (Fsp3) is 0.679. The van der Waals surface area contributed by atoms with Crippen LogP contribution in [-0.2, 0) is 33.3 Å². The van der Waals surface area contributed by atoms with Crippen LogP contribution >= 0.6 is 0 Å². The third-order valence-electron chi connectivity index (χ3n) is 10.2. The molecule has 3 heterocycles. The van der Waals surface area contributed by atoms with Gasteiger partial charge >= 0.3 is 5.97 Å². The summed E-state index contributed by atoms with van der Waals surface area (Å²) in [5, 5.41) is 0. The first-order chi connectivity index (χ1) is 16.5. The van der Waals surface area contributed by atoms with Crippen LogP contribution < -0.4 is 0 Å². The fourth-order valence-corrected chi connectivity index (χ4v) is 8.89. The lowest BCUT2D eigenvalue weighted by atomic mass is 9.42. The number of ether oxygens (including phenoxy) is 4. The van der Waals surface area contributed by atoms with E-state index in [2.05, 4.69) is 19.9 Å². The van der Waals surface area contributed by atoms with E-state index < -0.39 is 29.4 Å². The molecule has 0 aromatic heterocycles. The Morgan fingerprint density at radius 1 is 1.09 bits per heavy atom. The summed E-state index contributed by atoms with van der Waals surface area (Å²) < 4.78 is 26.1. The summed E-state index contributed by atoms with van der Waals surface area (Å²) in [5.74, 6) is 0.277. The van der Waals surface area contributed by atoms with Crippen molar-refractivity contribution in [3.63, 3.8) is 0 Å². The van der Waals surface area contributed by atoms with Gasteiger partial charge in [-0.05, 0) is 58.1 Å².